The van der Waals surface area contributed by atoms with Gasteiger partial charge in [-0.05, 0) is 20.3 Å². The Balaban J connectivity index is 2.51. The van der Waals surface area contributed by atoms with E-state index < -0.39 is 12.0 Å². The Hall–Kier alpha value is -1.59. The van der Waals surface area contributed by atoms with Crippen molar-refractivity contribution in [1.82, 2.24) is 4.90 Å². The van der Waals surface area contributed by atoms with Crippen molar-refractivity contribution in [3.8, 4) is 0 Å². The number of likely N-dealkylation sites (tertiary alicyclic amines) is 1. The second-order valence-electron chi connectivity index (χ2n) is 3.95. The van der Waals surface area contributed by atoms with Crippen LogP contribution in [0, 0.1) is 0 Å². The van der Waals surface area contributed by atoms with Crippen LogP contribution in [0.3, 0.4) is 0 Å². The first-order valence-corrected chi connectivity index (χ1v) is 6.21. The maximum absolute atomic E-state index is 11.6. The third-order valence-corrected chi connectivity index (χ3v) is 2.75. The summed E-state index contributed by atoms with van der Waals surface area (Å²) >= 11 is 0. The molecule has 0 aromatic heterocycles. The lowest BCUT2D eigenvalue weighted by atomic mass is 10.2. The predicted molar refractivity (Wildman–Crippen MR) is 62.6 cm³/mol. The van der Waals surface area contributed by atoms with Crippen molar-refractivity contribution in [3.63, 3.8) is 0 Å². The van der Waals surface area contributed by atoms with Gasteiger partial charge in [-0.1, -0.05) is 0 Å². The van der Waals surface area contributed by atoms with Gasteiger partial charge >= 0.3 is 11.9 Å². The van der Waals surface area contributed by atoms with Gasteiger partial charge in [-0.25, -0.2) is 4.79 Å². The van der Waals surface area contributed by atoms with Gasteiger partial charge in [0.05, 0.1) is 19.6 Å². The SMILES string of the molecule is CCOC(=O)CCN1C(=O)CC[C@@H]1C(=O)OCC. The highest BCUT2D eigenvalue weighted by Crippen LogP contribution is 2.20. The third-order valence-electron chi connectivity index (χ3n) is 2.75. The Morgan fingerprint density at radius 2 is 1.94 bits per heavy atom. The lowest BCUT2D eigenvalue weighted by molar-refractivity contribution is -0.153. The number of hydrogen-bond donors (Lipinski definition) is 0. The van der Waals surface area contributed by atoms with Gasteiger partial charge in [0, 0.05) is 13.0 Å². The molecule has 1 rings (SSSR count). The molecule has 0 bridgehead atoms. The van der Waals surface area contributed by atoms with E-state index in [0.29, 0.717) is 19.4 Å². The fraction of sp³-hybridized carbons (Fsp3) is 0.750. The number of rotatable bonds is 6. The number of amides is 1. The highest BCUT2D eigenvalue weighted by Gasteiger charge is 2.36. The molecule has 0 saturated carbocycles. The van der Waals surface area contributed by atoms with Crippen LogP contribution >= 0.6 is 0 Å². The van der Waals surface area contributed by atoms with E-state index in [1.54, 1.807) is 13.8 Å². The van der Waals surface area contributed by atoms with Gasteiger partial charge in [0.2, 0.25) is 5.91 Å². The molecule has 1 amide bonds. The zero-order valence-corrected chi connectivity index (χ0v) is 10.8. The monoisotopic (exact) mass is 257 g/mol. The normalized spacial score (nSPS) is 18.9. The minimum atomic E-state index is -0.549. The van der Waals surface area contributed by atoms with Crippen LogP contribution in [0.2, 0.25) is 0 Å². The van der Waals surface area contributed by atoms with Crippen LogP contribution in [0.1, 0.15) is 33.1 Å². The molecule has 0 spiro atoms. The molecule has 0 radical (unpaired) electrons. The molecule has 0 N–H and O–H groups in total. The minimum Gasteiger partial charge on any atom is -0.466 e. The maximum Gasteiger partial charge on any atom is 0.328 e. The average Bonchev–Trinajstić information content (AvgIpc) is 2.69. The van der Waals surface area contributed by atoms with E-state index in [1.165, 1.54) is 4.90 Å². The van der Waals surface area contributed by atoms with E-state index in [2.05, 4.69) is 0 Å². The van der Waals surface area contributed by atoms with Crippen molar-refractivity contribution in [2.24, 2.45) is 0 Å². The van der Waals surface area contributed by atoms with Crippen LogP contribution in [0.25, 0.3) is 0 Å². The van der Waals surface area contributed by atoms with E-state index in [4.69, 9.17) is 9.47 Å². The van der Waals surface area contributed by atoms with Crippen molar-refractivity contribution in [2.75, 3.05) is 19.8 Å². The molecule has 18 heavy (non-hydrogen) atoms. The van der Waals surface area contributed by atoms with Gasteiger partial charge in [-0.15, -0.1) is 0 Å². The molecule has 1 aliphatic rings. The second-order valence-corrected chi connectivity index (χ2v) is 3.95. The molecule has 0 aliphatic carbocycles. The van der Waals surface area contributed by atoms with E-state index in [0.717, 1.165) is 0 Å². The highest BCUT2D eigenvalue weighted by atomic mass is 16.5. The fourth-order valence-electron chi connectivity index (χ4n) is 1.94. The van der Waals surface area contributed by atoms with E-state index in [-0.39, 0.29) is 31.4 Å². The van der Waals surface area contributed by atoms with Crippen molar-refractivity contribution < 1.29 is 23.9 Å². The number of hydrogen-bond acceptors (Lipinski definition) is 5. The summed E-state index contributed by atoms with van der Waals surface area (Å²) in [4.78, 5) is 35.9. The number of nitrogens with zero attached hydrogens (tertiary/aromatic N) is 1. The van der Waals surface area contributed by atoms with Gasteiger partial charge in [0.1, 0.15) is 6.04 Å². The fourth-order valence-corrected chi connectivity index (χ4v) is 1.94. The molecule has 0 aromatic rings. The van der Waals surface area contributed by atoms with Gasteiger partial charge in [-0.2, -0.15) is 0 Å². The lowest BCUT2D eigenvalue weighted by Crippen LogP contribution is -2.40. The molecule has 102 valence electrons. The summed E-state index contributed by atoms with van der Waals surface area (Å²) < 4.78 is 9.70. The number of carbonyl (C=O) groups excluding carboxylic acids is 3. The zero-order chi connectivity index (χ0) is 13.5. The first-order chi connectivity index (χ1) is 8.60. The first-order valence-electron chi connectivity index (χ1n) is 6.21. The standard InChI is InChI=1S/C12H19NO5/c1-3-17-11(15)7-8-13-9(5-6-10(13)14)12(16)18-4-2/h9H,3-8H2,1-2H3/t9-/m1/s1. The second kappa shape index (κ2) is 6.98. The Labute approximate surface area is 106 Å². The Kier molecular flexibility index (Phi) is 5.61. The van der Waals surface area contributed by atoms with Gasteiger partial charge in [0.15, 0.2) is 0 Å². The first kappa shape index (κ1) is 14.5. The Morgan fingerprint density at radius 1 is 1.28 bits per heavy atom. The predicted octanol–water partition coefficient (Wildman–Crippen LogP) is 0.494. The lowest BCUT2D eigenvalue weighted by Gasteiger charge is -2.22. The molecule has 0 aromatic carbocycles. The molecule has 0 unspecified atom stereocenters. The van der Waals surface area contributed by atoms with Gasteiger partial charge in [0.25, 0.3) is 0 Å². The largest absolute Gasteiger partial charge is 0.466 e. The molecule has 1 aliphatic heterocycles. The van der Waals surface area contributed by atoms with Crippen LogP contribution in [0.4, 0.5) is 0 Å². The summed E-state index contributed by atoms with van der Waals surface area (Å²) in [6.45, 7) is 4.25. The average molecular weight is 257 g/mol. The number of ether oxygens (including phenoxy) is 2. The van der Waals surface area contributed by atoms with E-state index in [9.17, 15) is 14.4 Å². The third kappa shape index (κ3) is 3.72. The topological polar surface area (TPSA) is 72.9 Å². The van der Waals surface area contributed by atoms with Crippen molar-refractivity contribution >= 4 is 17.8 Å². The highest BCUT2D eigenvalue weighted by molar-refractivity contribution is 5.88. The number of esters is 2. The number of carbonyl (C=O) groups is 3. The molecule has 6 heteroatoms. The zero-order valence-electron chi connectivity index (χ0n) is 10.8. The molecular formula is C12H19NO5. The Bertz CT molecular complexity index is 328. The van der Waals surface area contributed by atoms with Gasteiger partial charge in [-0.3, -0.25) is 9.59 Å². The van der Waals surface area contributed by atoms with Crippen LogP contribution in [-0.2, 0) is 23.9 Å². The van der Waals surface area contributed by atoms with E-state index in [1.807, 2.05) is 0 Å². The quantitative estimate of drug-likeness (QED) is 0.648. The van der Waals surface area contributed by atoms with Crippen LogP contribution in [-0.4, -0.2) is 48.5 Å². The van der Waals surface area contributed by atoms with Crippen LogP contribution < -0.4 is 0 Å². The van der Waals surface area contributed by atoms with E-state index >= 15 is 0 Å². The maximum atomic E-state index is 11.6. The Morgan fingerprint density at radius 3 is 2.56 bits per heavy atom. The van der Waals surface area contributed by atoms with Crippen molar-refractivity contribution in [2.45, 2.75) is 39.2 Å². The molecule has 1 heterocycles. The molecule has 1 saturated heterocycles. The summed E-state index contributed by atoms with van der Waals surface area (Å²) in [5, 5.41) is 0. The van der Waals surface area contributed by atoms with Crippen molar-refractivity contribution in [3.05, 3.63) is 0 Å². The summed E-state index contributed by atoms with van der Waals surface area (Å²) in [6.07, 6.45) is 0.891. The molecule has 1 atom stereocenters. The summed E-state index contributed by atoms with van der Waals surface area (Å²) in [6, 6.07) is -0.549. The van der Waals surface area contributed by atoms with Crippen LogP contribution in [0.15, 0.2) is 0 Å². The summed E-state index contributed by atoms with van der Waals surface area (Å²) in [5.41, 5.74) is 0. The molecular weight excluding hydrogens is 238 g/mol. The van der Waals surface area contributed by atoms with Gasteiger partial charge < -0.3 is 14.4 Å². The summed E-state index contributed by atoms with van der Waals surface area (Å²) in [5.74, 6) is -0.871. The molecule has 1 fully saturated rings. The van der Waals surface area contributed by atoms with Crippen molar-refractivity contribution in [1.29, 1.82) is 0 Å². The smallest absolute Gasteiger partial charge is 0.328 e. The van der Waals surface area contributed by atoms with Crippen LogP contribution in [0.5, 0.6) is 0 Å². The molecule has 6 nitrogen and oxygen atoms in total. The minimum absolute atomic E-state index is 0.107. The summed E-state index contributed by atoms with van der Waals surface area (Å²) in [7, 11) is 0.